The molecule has 1 aromatic rings. The summed E-state index contributed by atoms with van der Waals surface area (Å²) in [5.41, 5.74) is 1.28. The van der Waals surface area contributed by atoms with Crippen molar-refractivity contribution in [3.8, 4) is 0 Å². The highest BCUT2D eigenvalue weighted by molar-refractivity contribution is 5.16. The fraction of sp³-hybridized carbons (Fsp3) is 0.765. The number of rotatable bonds is 8. The average molecular weight is 294 g/mol. The monoisotopic (exact) mass is 294 g/mol. The van der Waals surface area contributed by atoms with Crippen LogP contribution in [0.25, 0.3) is 0 Å². The van der Waals surface area contributed by atoms with E-state index in [1.165, 1.54) is 18.4 Å². The molecule has 1 aliphatic heterocycles. The SMILES string of the molecule is CC(C)CNCc1ccoc1CN(C)CC1CCCOC1. The maximum Gasteiger partial charge on any atom is 0.122 e. The number of nitrogens with zero attached hydrogens (tertiary/aromatic N) is 1. The lowest BCUT2D eigenvalue weighted by atomic mass is 10.0. The van der Waals surface area contributed by atoms with Gasteiger partial charge in [0.05, 0.1) is 19.4 Å². The minimum atomic E-state index is 0.668. The second kappa shape index (κ2) is 8.57. The molecule has 1 unspecified atom stereocenters. The van der Waals surface area contributed by atoms with Gasteiger partial charge in [-0.2, -0.15) is 0 Å². The zero-order valence-electron chi connectivity index (χ0n) is 13.7. The van der Waals surface area contributed by atoms with Crippen LogP contribution in [0.2, 0.25) is 0 Å². The van der Waals surface area contributed by atoms with Crippen LogP contribution >= 0.6 is 0 Å². The Morgan fingerprint density at radius 1 is 1.43 bits per heavy atom. The molecule has 2 rings (SSSR count). The van der Waals surface area contributed by atoms with Crippen LogP contribution in [0.5, 0.6) is 0 Å². The van der Waals surface area contributed by atoms with E-state index < -0.39 is 0 Å². The molecule has 120 valence electrons. The molecular formula is C17H30N2O2. The highest BCUT2D eigenvalue weighted by Crippen LogP contribution is 2.17. The van der Waals surface area contributed by atoms with Crippen molar-refractivity contribution in [2.75, 3.05) is 33.4 Å². The van der Waals surface area contributed by atoms with Gasteiger partial charge in [0.2, 0.25) is 0 Å². The molecule has 1 saturated heterocycles. The third kappa shape index (κ3) is 5.81. The summed E-state index contributed by atoms with van der Waals surface area (Å²) in [5.74, 6) is 2.43. The first-order valence-corrected chi connectivity index (χ1v) is 8.17. The normalized spacial score (nSPS) is 19.6. The third-order valence-corrected chi connectivity index (χ3v) is 3.94. The lowest BCUT2D eigenvalue weighted by molar-refractivity contribution is 0.0403. The molecule has 1 atom stereocenters. The quantitative estimate of drug-likeness (QED) is 0.800. The number of hydrogen-bond donors (Lipinski definition) is 1. The summed E-state index contributed by atoms with van der Waals surface area (Å²) in [4.78, 5) is 2.35. The molecule has 4 heteroatoms. The number of hydrogen-bond acceptors (Lipinski definition) is 4. The van der Waals surface area contributed by atoms with Crippen molar-refractivity contribution in [3.63, 3.8) is 0 Å². The van der Waals surface area contributed by atoms with Gasteiger partial charge < -0.3 is 14.5 Å². The Labute approximate surface area is 128 Å². The summed E-state index contributed by atoms with van der Waals surface area (Å²) in [5, 5.41) is 3.48. The van der Waals surface area contributed by atoms with Crippen molar-refractivity contribution in [1.29, 1.82) is 0 Å². The predicted molar refractivity (Wildman–Crippen MR) is 85.1 cm³/mol. The van der Waals surface area contributed by atoms with Gasteiger partial charge in [0.15, 0.2) is 0 Å². The second-order valence-corrected chi connectivity index (χ2v) is 6.67. The summed E-state index contributed by atoms with van der Waals surface area (Å²) < 4.78 is 11.2. The molecule has 21 heavy (non-hydrogen) atoms. The largest absolute Gasteiger partial charge is 0.468 e. The molecule has 1 aliphatic rings. The van der Waals surface area contributed by atoms with Crippen LogP contribution in [0.15, 0.2) is 16.7 Å². The van der Waals surface area contributed by atoms with Gasteiger partial charge in [-0.15, -0.1) is 0 Å². The molecule has 0 amide bonds. The van der Waals surface area contributed by atoms with Crippen molar-refractivity contribution in [2.24, 2.45) is 11.8 Å². The van der Waals surface area contributed by atoms with Crippen molar-refractivity contribution in [1.82, 2.24) is 10.2 Å². The second-order valence-electron chi connectivity index (χ2n) is 6.67. The Balaban J connectivity index is 1.77. The van der Waals surface area contributed by atoms with Crippen LogP contribution in [-0.2, 0) is 17.8 Å². The molecule has 4 nitrogen and oxygen atoms in total. The maximum absolute atomic E-state index is 5.67. The summed E-state index contributed by atoms with van der Waals surface area (Å²) in [6.07, 6.45) is 4.29. The molecule has 0 aliphatic carbocycles. The zero-order chi connectivity index (χ0) is 15.1. The Kier molecular flexibility index (Phi) is 6.74. The Bertz CT molecular complexity index is 397. The lowest BCUT2D eigenvalue weighted by Crippen LogP contribution is -2.30. The van der Waals surface area contributed by atoms with E-state index in [-0.39, 0.29) is 0 Å². The Hall–Kier alpha value is -0.840. The van der Waals surface area contributed by atoms with Crippen LogP contribution < -0.4 is 5.32 Å². The molecule has 1 aromatic heterocycles. The van der Waals surface area contributed by atoms with E-state index >= 15 is 0 Å². The van der Waals surface area contributed by atoms with Crippen LogP contribution in [0.1, 0.15) is 38.0 Å². The molecule has 2 heterocycles. The lowest BCUT2D eigenvalue weighted by Gasteiger charge is -2.26. The maximum atomic E-state index is 5.67. The number of furan rings is 1. The van der Waals surface area contributed by atoms with Crippen LogP contribution in [0, 0.1) is 11.8 Å². The van der Waals surface area contributed by atoms with Crippen molar-refractivity contribution < 1.29 is 9.15 Å². The topological polar surface area (TPSA) is 37.6 Å². The average Bonchev–Trinajstić information content (AvgIpc) is 2.87. The van der Waals surface area contributed by atoms with E-state index in [1.54, 1.807) is 6.26 Å². The highest BCUT2D eigenvalue weighted by Gasteiger charge is 2.17. The van der Waals surface area contributed by atoms with Crippen molar-refractivity contribution in [3.05, 3.63) is 23.7 Å². The van der Waals surface area contributed by atoms with Gasteiger partial charge in [0, 0.05) is 25.3 Å². The summed E-state index contributed by atoms with van der Waals surface area (Å²) in [6.45, 7) is 10.2. The number of ether oxygens (including phenoxy) is 1. The van der Waals surface area contributed by atoms with E-state index in [4.69, 9.17) is 9.15 Å². The minimum absolute atomic E-state index is 0.668. The zero-order valence-corrected chi connectivity index (χ0v) is 13.7. The number of nitrogens with one attached hydrogen (secondary N) is 1. The molecule has 0 aromatic carbocycles. The molecule has 1 N–H and O–H groups in total. The Morgan fingerprint density at radius 3 is 3.00 bits per heavy atom. The molecule has 1 fully saturated rings. The van der Waals surface area contributed by atoms with Gasteiger partial charge in [-0.25, -0.2) is 0 Å². The van der Waals surface area contributed by atoms with Gasteiger partial charge in [-0.1, -0.05) is 13.8 Å². The van der Waals surface area contributed by atoms with Crippen LogP contribution in [0.4, 0.5) is 0 Å². The van der Waals surface area contributed by atoms with E-state index in [0.717, 1.165) is 45.2 Å². The third-order valence-electron chi connectivity index (χ3n) is 3.94. The van der Waals surface area contributed by atoms with E-state index in [2.05, 4.69) is 37.2 Å². The van der Waals surface area contributed by atoms with Crippen molar-refractivity contribution >= 4 is 0 Å². The molecule has 0 bridgehead atoms. The molecular weight excluding hydrogens is 264 g/mol. The molecule has 0 spiro atoms. The molecule has 0 saturated carbocycles. The smallest absolute Gasteiger partial charge is 0.122 e. The first-order chi connectivity index (χ1) is 10.1. The van der Waals surface area contributed by atoms with E-state index in [0.29, 0.717) is 11.8 Å². The highest BCUT2D eigenvalue weighted by atomic mass is 16.5. The van der Waals surface area contributed by atoms with Crippen LogP contribution in [-0.4, -0.2) is 38.3 Å². The van der Waals surface area contributed by atoms with Gasteiger partial charge in [-0.3, -0.25) is 4.90 Å². The predicted octanol–water partition coefficient (Wildman–Crippen LogP) is 2.88. The van der Waals surface area contributed by atoms with Gasteiger partial charge >= 0.3 is 0 Å². The van der Waals surface area contributed by atoms with E-state index in [1.807, 2.05) is 0 Å². The fourth-order valence-electron chi connectivity index (χ4n) is 2.86. The first-order valence-electron chi connectivity index (χ1n) is 8.17. The summed E-state index contributed by atoms with van der Waals surface area (Å²) >= 11 is 0. The first kappa shape index (κ1) is 16.5. The Morgan fingerprint density at radius 2 is 2.29 bits per heavy atom. The van der Waals surface area contributed by atoms with Gasteiger partial charge in [0.25, 0.3) is 0 Å². The summed E-state index contributed by atoms with van der Waals surface area (Å²) in [6, 6.07) is 2.08. The van der Waals surface area contributed by atoms with Gasteiger partial charge in [-0.05, 0) is 44.3 Å². The fourth-order valence-corrected chi connectivity index (χ4v) is 2.86. The van der Waals surface area contributed by atoms with Gasteiger partial charge in [0.1, 0.15) is 5.76 Å². The molecule has 0 radical (unpaired) electrons. The van der Waals surface area contributed by atoms with E-state index in [9.17, 15) is 0 Å². The summed E-state index contributed by atoms with van der Waals surface area (Å²) in [7, 11) is 2.17. The van der Waals surface area contributed by atoms with Crippen molar-refractivity contribution in [2.45, 2.75) is 39.8 Å². The standard InChI is InChI=1S/C17H30N2O2/c1-14(2)9-18-10-16-6-8-21-17(16)12-19(3)11-15-5-4-7-20-13-15/h6,8,14-15,18H,4-5,7,9-13H2,1-3H3. The van der Waals surface area contributed by atoms with Crippen LogP contribution in [0.3, 0.4) is 0 Å². The minimum Gasteiger partial charge on any atom is -0.468 e.